The van der Waals surface area contributed by atoms with Crippen molar-refractivity contribution in [2.24, 2.45) is 0 Å². The fourth-order valence-corrected chi connectivity index (χ4v) is 2.45. The van der Waals surface area contributed by atoms with E-state index in [9.17, 15) is 0 Å². The second-order valence-corrected chi connectivity index (χ2v) is 5.41. The molecule has 2 rings (SSSR count). The number of ether oxygens (including phenoxy) is 2. The first-order chi connectivity index (χ1) is 9.72. The van der Waals surface area contributed by atoms with Crippen LogP contribution in [0, 0.1) is 0 Å². The van der Waals surface area contributed by atoms with Gasteiger partial charge in [0.2, 0.25) is 0 Å². The lowest BCUT2D eigenvalue weighted by atomic mass is 10.0. The summed E-state index contributed by atoms with van der Waals surface area (Å²) in [5.41, 5.74) is 2.45. The third-order valence-electron chi connectivity index (χ3n) is 3.65. The van der Waals surface area contributed by atoms with Crippen molar-refractivity contribution in [2.45, 2.75) is 38.8 Å². The molecule has 2 unspecified atom stereocenters. The summed E-state index contributed by atoms with van der Waals surface area (Å²) in [5, 5.41) is 6.92. The number of methoxy groups -OCH3 is 1. The summed E-state index contributed by atoms with van der Waals surface area (Å²) in [4.78, 5) is 0. The average Bonchev–Trinajstić information content (AvgIpc) is 2.47. The van der Waals surface area contributed by atoms with Crippen LogP contribution in [0.5, 0.6) is 5.75 Å². The molecule has 0 amide bonds. The minimum absolute atomic E-state index is 0.294. The normalized spacial score (nSPS) is 18.9. The largest absolute Gasteiger partial charge is 0.486 e. The molecule has 112 valence electrons. The van der Waals surface area contributed by atoms with Crippen LogP contribution in [-0.4, -0.2) is 39.0 Å². The number of rotatable bonds is 7. The van der Waals surface area contributed by atoms with E-state index in [0.29, 0.717) is 12.1 Å². The molecular formula is C16H26N2O2. The molecule has 1 aromatic carbocycles. The van der Waals surface area contributed by atoms with Crippen molar-refractivity contribution < 1.29 is 9.47 Å². The monoisotopic (exact) mass is 278 g/mol. The average molecular weight is 278 g/mol. The van der Waals surface area contributed by atoms with Gasteiger partial charge in [-0.2, -0.15) is 0 Å². The van der Waals surface area contributed by atoms with Crippen LogP contribution in [0.4, 0.5) is 5.69 Å². The van der Waals surface area contributed by atoms with Gasteiger partial charge >= 0.3 is 0 Å². The molecule has 0 aromatic heterocycles. The summed E-state index contributed by atoms with van der Waals surface area (Å²) < 4.78 is 11.0. The molecule has 2 atom stereocenters. The van der Waals surface area contributed by atoms with Crippen LogP contribution in [0.1, 0.15) is 25.8 Å². The van der Waals surface area contributed by atoms with Gasteiger partial charge in [-0.25, -0.2) is 0 Å². The topological polar surface area (TPSA) is 42.5 Å². The van der Waals surface area contributed by atoms with E-state index in [-0.39, 0.29) is 0 Å². The van der Waals surface area contributed by atoms with Gasteiger partial charge in [-0.05, 0) is 37.5 Å². The quantitative estimate of drug-likeness (QED) is 0.752. The first-order valence-corrected chi connectivity index (χ1v) is 7.48. The maximum absolute atomic E-state index is 5.93. The Morgan fingerprint density at radius 1 is 1.50 bits per heavy atom. The molecule has 0 aliphatic carbocycles. The number of hydrogen-bond acceptors (Lipinski definition) is 4. The Morgan fingerprint density at radius 2 is 2.35 bits per heavy atom. The van der Waals surface area contributed by atoms with Crippen molar-refractivity contribution in [1.29, 1.82) is 0 Å². The van der Waals surface area contributed by atoms with Gasteiger partial charge in [-0.3, -0.25) is 0 Å². The summed E-state index contributed by atoms with van der Waals surface area (Å²) in [6.07, 6.45) is 2.34. The Hall–Kier alpha value is -1.26. The third kappa shape index (κ3) is 4.12. The summed E-state index contributed by atoms with van der Waals surface area (Å²) in [5.74, 6) is 0.979. The molecular weight excluding hydrogens is 252 g/mol. The van der Waals surface area contributed by atoms with Crippen molar-refractivity contribution in [3.8, 4) is 5.75 Å². The Bertz CT molecular complexity index is 423. The number of nitrogens with one attached hydrogen (secondary N) is 2. The maximum atomic E-state index is 5.93. The lowest BCUT2D eigenvalue weighted by molar-refractivity contribution is 0.196. The molecule has 2 N–H and O–H groups in total. The fraction of sp³-hybridized carbons (Fsp3) is 0.625. The minimum atomic E-state index is 0.294. The highest BCUT2D eigenvalue weighted by atomic mass is 16.5. The van der Waals surface area contributed by atoms with Crippen LogP contribution >= 0.6 is 0 Å². The molecule has 1 heterocycles. The van der Waals surface area contributed by atoms with E-state index < -0.39 is 0 Å². The van der Waals surface area contributed by atoms with Crippen LogP contribution in [0.25, 0.3) is 0 Å². The van der Waals surface area contributed by atoms with Gasteiger partial charge in [-0.15, -0.1) is 0 Å². The minimum Gasteiger partial charge on any atom is -0.486 e. The molecule has 0 saturated carbocycles. The van der Waals surface area contributed by atoms with E-state index in [0.717, 1.165) is 44.0 Å². The molecule has 1 aromatic rings. The highest BCUT2D eigenvalue weighted by Gasteiger charge is 2.17. The van der Waals surface area contributed by atoms with Crippen LogP contribution in [-0.2, 0) is 11.2 Å². The summed E-state index contributed by atoms with van der Waals surface area (Å²) in [7, 11) is 1.73. The van der Waals surface area contributed by atoms with Gasteiger partial charge < -0.3 is 20.1 Å². The SMILES string of the molecule is CCC1CNc2cc(CC(C)NCCOC)ccc2O1. The maximum Gasteiger partial charge on any atom is 0.142 e. The molecule has 1 aliphatic rings. The van der Waals surface area contributed by atoms with Crippen molar-refractivity contribution in [3.05, 3.63) is 23.8 Å². The van der Waals surface area contributed by atoms with Gasteiger partial charge in [-0.1, -0.05) is 13.0 Å². The first kappa shape index (κ1) is 15.1. The Morgan fingerprint density at radius 3 is 3.10 bits per heavy atom. The lowest BCUT2D eigenvalue weighted by Crippen LogP contribution is -2.31. The van der Waals surface area contributed by atoms with E-state index in [1.165, 1.54) is 5.56 Å². The zero-order valence-electron chi connectivity index (χ0n) is 12.7. The van der Waals surface area contributed by atoms with Gasteiger partial charge in [0.15, 0.2) is 0 Å². The number of anilines is 1. The number of benzene rings is 1. The van der Waals surface area contributed by atoms with E-state index >= 15 is 0 Å². The summed E-state index contributed by atoms with van der Waals surface area (Å²) >= 11 is 0. The Balaban J connectivity index is 1.91. The van der Waals surface area contributed by atoms with Crippen LogP contribution < -0.4 is 15.4 Å². The molecule has 0 spiro atoms. The Labute approximate surface area is 121 Å². The van der Waals surface area contributed by atoms with Gasteiger partial charge in [0.1, 0.15) is 11.9 Å². The highest BCUT2D eigenvalue weighted by molar-refractivity contribution is 5.59. The molecule has 4 heteroatoms. The molecule has 20 heavy (non-hydrogen) atoms. The summed E-state index contributed by atoms with van der Waals surface area (Å²) in [6.45, 7) is 6.89. The number of fused-ring (bicyclic) bond motifs is 1. The van der Waals surface area contributed by atoms with Crippen LogP contribution in [0.2, 0.25) is 0 Å². The molecule has 0 bridgehead atoms. The van der Waals surface area contributed by atoms with Crippen molar-refractivity contribution in [1.82, 2.24) is 5.32 Å². The predicted octanol–water partition coefficient (Wildman–Crippen LogP) is 2.44. The second kappa shape index (κ2) is 7.50. The predicted molar refractivity (Wildman–Crippen MR) is 82.7 cm³/mol. The third-order valence-corrected chi connectivity index (χ3v) is 3.65. The molecule has 4 nitrogen and oxygen atoms in total. The first-order valence-electron chi connectivity index (χ1n) is 7.48. The van der Waals surface area contributed by atoms with E-state index in [1.807, 2.05) is 0 Å². The van der Waals surface area contributed by atoms with Gasteiger partial charge in [0.05, 0.1) is 18.8 Å². The standard InChI is InChI=1S/C16H26N2O2/c1-4-14-11-18-15-10-13(5-6-16(15)20-14)9-12(2)17-7-8-19-3/h5-6,10,12,14,17-18H,4,7-9,11H2,1-3H3. The molecule has 0 saturated heterocycles. The van der Waals surface area contributed by atoms with E-state index in [4.69, 9.17) is 9.47 Å². The van der Waals surface area contributed by atoms with E-state index in [2.05, 4.69) is 42.7 Å². The van der Waals surface area contributed by atoms with Crippen LogP contribution in [0.3, 0.4) is 0 Å². The van der Waals surface area contributed by atoms with Crippen molar-refractivity contribution >= 4 is 5.69 Å². The molecule has 0 radical (unpaired) electrons. The Kier molecular flexibility index (Phi) is 5.68. The highest BCUT2D eigenvalue weighted by Crippen LogP contribution is 2.30. The zero-order valence-corrected chi connectivity index (χ0v) is 12.7. The van der Waals surface area contributed by atoms with Gasteiger partial charge in [0, 0.05) is 19.7 Å². The molecule has 1 aliphatic heterocycles. The fourth-order valence-electron chi connectivity index (χ4n) is 2.45. The lowest BCUT2D eigenvalue weighted by Gasteiger charge is -2.27. The van der Waals surface area contributed by atoms with Crippen LogP contribution in [0.15, 0.2) is 18.2 Å². The second-order valence-electron chi connectivity index (χ2n) is 5.41. The van der Waals surface area contributed by atoms with Crippen molar-refractivity contribution in [2.75, 3.05) is 32.1 Å². The zero-order chi connectivity index (χ0) is 14.4. The number of hydrogen-bond donors (Lipinski definition) is 2. The van der Waals surface area contributed by atoms with E-state index in [1.54, 1.807) is 7.11 Å². The summed E-state index contributed by atoms with van der Waals surface area (Å²) in [6, 6.07) is 6.89. The molecule has 0 fully saturated rings. The van der Waals surface area contributed by atoms with Crippen molar-refractivity contribution in [3.63, 3.8) is 0 Å². The van der Waals surface area contributed by atoms with Gasteiger partial charge in [0.25, 0.3) is 0 Å². The smallest absolute Gasteiger partial charge is 0.142 e.